The van der Waals surface area contributed by atoms with Crippen LogP contribution in [0.25, 0.3) is 0 Å². The first-order valence-electron chi connectivity index (χ1n) is 2.77. The van der Waals surface area contributed by atoms with Gasteiger partial charge in [-0.05, 0) is 12.5 Å². The lowest BCUT2D eigenvalue weighted by molar-refractivity contribution is 0.324. The minimum absolute atomic E-state index is 0.102. The Morgan fingerprint density at radius 1 is 1.55 bits per heavy atom. The van der Waals surface area contributed by atoms with Gasteiger partial charge in [-0.2, -0.15) is 17.2 Å². The highest BCUT2D eigenvalue weighted by molar-refractivity contribution is 7.85. The van der Waals surface area contributed by atoms with E-state index >= 15 is 0 Å². The lowest BCUT2D eigenvalue weighted by Crippen LogP contribution is -2.03. The van der Waals surface area contributed by atoms with E-state index in [4.69, 9.17) is 0 Å². The molecule has 0 aromatic carbocycles. The Morgan fingerprint density at radius 3 is 2.45 bits per heavy atom. The van der Waals surface area contributed by atoms with Crippen LogP contribution in [0.3, 0.4) is 0 Å². The summed E-state index contributed by atoms with van der Waals surface area (Å²) in [6.07, 6.45) is -0.467. The zero-order valence-corrected chi connectivity index (χ0v) is 6.70. The van der Waals surface area contributed by atoms with E-state index in [2.05, 4.69) is 4.18 Å². The van der Waals surface area contributed by atoms with E-state index in [0.717, 1.165) is 6.26 Å². The highest BCUT2D eigenvalue weighted by Crippen LogP contribution is 1.99. The molecule has 0 atom stereocenters. The average Bonchev–Trinajstić information content (AvgIpc) is 1.78. The molecule has 0 aliphatic heterocycles. The van der Waals surface area contributed by atoms with Gasteiger partial charge in [-0.15, -0.1) is 0 Å². The molecule has 0 bridgehead atoms. The standard InChI is InChI=1S/C5H8F2O3S/c1-11(8,9)10-4-2-3-5(6)7/h3H,2,4H2,1H3. The van der Waals surface area contributed by atoms with Crippen LogP contribution in [0.5, 0.6) is 0 Å². The van der Waals surface area contributed by atoms with E-state index < -0.39 is 16.2 Å². The van der Waals surface area contributed by atoms with Gasteiger partial charge in [-0.3, -0.25) is 4.18 Å². The molecule has 0 rings (SSSR count). The van der Waals surface area contributed by atoms with Crippen molar-refractivity contribution in [3.63, 3.8) is 0 Å². The summed E-state index contributed by atoms with van der Waals surface area (Å²) in [6, 6.07) is 0. The van der Waals surface area contributed by atoms with Crippen LogP contribution in [-0.2, 0) is 14.3 Å². The topological polar surface area (TPSA) is 43.4 Å². The van der Waals surface area contributed by atoms with Crippen molar-refractivity contribution in [2.45, 2.75) is 6.42 Å². The summed E-state index contributed by atoms with van der Waals surface area (Å²) in [5, 5.41) is 0. The number of rotatable bonds is 4. The Kier molecular flexibility index (Phi) is 4.20. The molecule has 0 aliphatic carbocycles. The molecule has 0 aromatic heterocycles. The van der Waals surface area contributed by atoms with Crippen LogP contribution in [0.1, 0.15) is 6.42 Å². The van der Waals surface area contributed by atoms with Crippen LogP contribution in [-0.4, -0.2) is 21.3 Å². The quantitative estimate of drug-likeness (QED) is 0.488. The van der Waals surface area contributed by atoms with Crippen molar-refractivity contribution in [2.75, 3.05) is 12.9 Å². The molecular formula is C5H8F2O3S. The van der Waals surface area contributed by atoms with Crippen LogP contribution >= 0.6 is 0 Å². The van der Waals surface area contributed by atoms with Crippen molar-refractivity contribution in [1.82, 2.24) is 0 Å². The SMILES string of the molecule is CS(=O)(=O)OCCC=C(F)F. The van der Waals surface area contributed by atoms with Gasteiger partial charge in [0.05, 0.1) is 12.9 Å². The van der Waals surface area contributed by atoms with Crippen molar-refractivity contribution in [2.24, 2.45) is 0 Å². The van der Waals surface area contributed by atoms with Crippen molar-refractivity contribution >= 4 is 10.1 Å². The summed E-state index contributed by atoms with van der Waals surface area (Å²) in [4.78, 5) is 0. The van der Waals surface area contributed by atoms with E-state index in [1.165, 1.54) is 0 Å². The van der Waals surface area contributed by atoms with Gasteiger partial charge in [0.1, 0.15) is 0 Å². The molecule has 0 radical (unpaired) electrons. The van der Waals surface area contributed by atoms with Crippen LogP contribution in [0, 0.1) is 0 Å². The van der Waals surface area contributed by atoms with Crippen LogP contribution < -0.4 is 0 Å². The van der Waals surface area contributed by atoms with Gasteiger partial charge >= 0.3 is 0 Å². The van der Waals surface area contributed by atoms with Gasteiger partial charge in [0, 0.05) is 0 Å². The predicted octanol–water partition coefficient (Wildman–Crippen LogP) is 1.13. The molecule has 0 fully saturated rings. The second-order valence-corrected chi connectivity index (χ2v) is 3.45. The number of hydrogen-bond donors (Lipinski definition) is 0. The summed E-state index contributed by atoms with van der Waals surface area (Å²) >= 11 is 0. The summed E-state index contributed by atoms with van der Waals surface area (Å²) in [6.45, 7) is -0.240. The molecule has 66 valence electrons. The monoisotopic (exact) mass is 186 g/mol. The normalized spacial score (nSPS) is 11.2. The second-order valence-electron chi connectivity index (χ2n) is 1.81. The summed E-state index contributed by atoms with van der Waals surface area (Å²) in [7, 11) is -3.50. The van der Waals surface area contributed by atoms with Gasteiger partial charge in [0.15, 0.2) is 0 Å². The third-order valence-corrected chi connectivity index (χ3v) is 1.31. The van der Waals surface area contributed by atoms with E-state index in [1.54, 1.807) is 0 Å². The first-order chi connectivity index (χ1) is 4.92. The molecule has 0 unspecified atom stereocenters. The molecule has 0 N–H and O–H groups in total. The van der Waals surface area contributed by atoms with Crippen molar-refractivity contribution in [3.8, 4) is 0 Å². The molecule has 0 aromatic rings. The fourth-order valence-corrected chi connectivity index (χ4v) is 0.766. The maximum absolute atomic E-state index is 11.3. The second kappa shape index (κ2) is 4.40. The van der Waals surface area contributed by atoms with E-state index in [-0.39, 0.29) is 13.0 Å². The largest absolute Gasteiger partial charge is 0.270 e. The minimum atomic E-state index is -3.50. The first-order valence-corrected chi connectivity index (χ1v) is 4.59. The molecule has 0 saturated carbocycles. The van der Waals surface area contributed by atoms with Crippen molar-refractivity contribution in [3.05, 3.63) is 12.2 Å². The van der Waals surface area contributed by atoms with Crippen molar-refractivity contribution in [1.29, 1.82) is 0 Å². The van der Waals surface area contributed by atoms with E-state index in [0.29, 0.717) is 6.08 Å². The van der Waals surface area contributed by atoms with E-state index in [9.17, 15) is 17.2 Å². The Morgan fingerprint density at radius 2 is 2.09 bits per heavy atom. The molecule has 0 heterocycles. The van der Waals surface area contributed by atoms with Crippen LogP contribution in [0.4, 0.5) is 8.78 Å². The molecule has 6 heteroatoms. The highest BCUT2D eigenvalue weighted by atomic mass is 32.2. The lowest BCUT2D eigenvalue weighted by atomic mass is 10.4. The minimum Gasteiger partial charge on any atom is -0.270 e. The third-order valence-electron chi connectivity index (χ3n) is 0.714. The van der Waals surface area contributed by atoms with Crippen LogP contribution in [0.15, 0.2) is 12.2 Å². The Bertz CT molecular complexity index is 228. The zero-order valence-electron chi connectivity index (χ0n) is 5.88. The van der Waals surface area contributed by atoms with Crippen LogP contribution in [0.2, 0.25) is 0 Å². The Hall–Kier alpha value is -0.490. The smallest absolute Gasteiger partial charge is 0.266 e. The van der Waals surface area contributed by atoms with Gasteiger partial charge in [0.2, 0.25) is 0 Å². The lowest BCUT2D eigenvalue weighted by Gasteiger charge is -1.95. The Balaban J connectivity index is 3.53. The molecule has 3 nitrogen and oxygen atoms in total. The van der Waals surface area contributed by atoms with Gasteiger partial charge in [-0.25, -0.2) is 0 Å². The zero-order chi connectivity index (χ0) is 8.91. The molecular weight excluding hydrogens is 178 g/mol. The molecule has 11 heavy (non-hydrogen) atoms. The maximum Gasteiger partial charge on any atom is 0.266 e. The molecule has 0 amide bonds. The van der Waals surface area contributed by atoms with Gasteiger partial charge in [0.25, 0.3) is 16.2 Å². The molecule has 0 saturated heterocycles. The summed E-state index contributed by atoms with van der Waals surface area (Å²) < 4.78 is 47.3. The Labute approximate surface area is 63.8 Å². The maximum atomic E-state index is 11.3. The molecule has 0 spiro atoms. The summed E-state index contributed by atoms with van der Waals surface area (Å²) in [5.74, 6) is 0. The van der Waals surface area contributed by atoms with E-state index in [1.807, 2.05) is 0 Å². The first kappa shape index (κ1) is 10.5. The van der Waals surface area contributed by atoms with Crippen molar-refractivity contribution < 1.29 is 21.4 Å². The fourth-order valence-electron chi connectivity index (χ4n) is 0.368. The third kappa shape index (κ3) is 9.51. The fraction of sp³-hybridized carbons (Fsp3) is 0.600. The molecule has 0 aliphatic rings. The highest BCUT2D eigenvalue weighted by Gasteiger charge is 1.99. The summed E-state index contributed by atoms with van der Waals surface area (Å²) in [5.41, 5.74) is 0. The average molecular weight is 186 g/mol. The van der Waals surface area contributed by atoms with Gasteiger partial charge in [-0.1, -0.05) is 0 Å². The number of hydrogen-bond acceptors (Lipinski definition) is 3. The number of halogens is 2. The predicted molar refractivity (Wildman–Crippen MR) is 35.7 cm³/mol. The van der Waals surface area contributed by atoms with Gasteiger partial charge < -0.3 is 0 Å².